The summed E-state index contributed by atoms with van der Waals surface area (Å²) in [5.74, 6) is 0.685. The maximum Gasteiger partial charge on any atom is 0.0239 e. The first-order chi connectivity index (χ1) is 5.16. The summed E-state index contributed by atoms with van der Waals surface area (Å²) < 4.78 is 0. The van der Waals surface area contributed by atoms with Crippen LogP contribution in [0.3, 0.4) is 0 Å². The van der Waals surface area contributed by atoms with Crippen molar-refractivity contribution in [1.82, 2.24) is 0 Å². The van der Waals surface area contributed by atoms with Crippen LogP contribution < -0.4 is 5.73 Å². The average molecular weight is 154 g/mol. The molecule has 0 unspecified atom stereocenters. The zero-order chi connectivity index (χ0) is 8.69. The van der Waals surface area contributed by atoms with Crippen molar-refractivity contribution in [3.05, 3.63) is 12.3 Å². The first-order valence-electron chi connectivity index (χ1n) is 4.05. The van der Waals surface area contributed by atoms with E-state index in [1.807, 2.05) is 13.0 Å². The maximum atomic E-state index is 5.26. The highest BCUT2D eigenvalue weighted by Crippen LogP contribution is 2.00. The van der Waals surface area contributed by atoms with E-state index in [4.69, 9.17) is 5.73 Å². The molecule has 0 saturated heterocycles. The lowest BCUT2D eigenvalue weighted by atomic mass is 10.1. The van der Waals surface area contributed by atoms with Gasteiger partial charge in [-0.25, -0.2) is 0 Å². The van der Waals surface area contributed by atoms with Crippen molar-refractivity contribution in [1.29, 1.82) is 0 Å². The van der Waals surface area contributed by atoms with Crippen LogP contribution in [0.25, 0.3) is 0 Å². The van der Waals surface area contributed by atoms with Crippen molar-refractivity contribution in [2.24, 2.45) is 16.6 Å². The summed E-state index contributed by atoms with van der Waals surface area (Å²) in [7, 11) is 0. The van der Waals surface area contributed by atoms with Gasteiger partial charge in [-0.2, -0.15) is 0 Å². The van der Waals surface area contributed by atoms with E-state index in [0.29, 0.717) is 12.5 Å². The first kappa shape index (κ1) is 10.4. The van der Waals surface area contributed by atoms with Crippen LogP contribution in [0.15, 0.2) is 17.3 Å². The molecule has 0 radical (unpaired) electrons. The van der Waals surface area contributed by atoms with Crippen molar-refractivity contribution < 1.29 is 0 Å². The van der Waals surface area contributed by atoms with E-state index in [2.05, 4.69) is 18.8 Å². The molecule has 0 aromatic rings. The van der Waals surface area contributed by atoms with Crippen LogP contribution in [0.2, 0.25) is 0 Å². The SMILES string of the molecule is CC(CC(C)C)=N/C=C/CN. The largest absolute Gasteiger partial charge is 0.327 e. The van der Waals surface area contributed by atoms with Crippen molar-refractivity contribution in [2.45, 2.75) is 27.2 Å². The highest BCUT2D eigenvalue weighted by Gasteiger charge is 1.94. The molecule has 0 rings (SSSR count). The van der Waals surface area contributed by atoms with Crippen LogP contribution in [-0.4, -0.2) is 12.3 Å². The Morgan fingerprint density at radius 3 is 2.64 bits per heavy atom. The fourth-order valence-electron chi connectivity index (χ4n) is 0.884. The predicted molar refractivity (Wildman–Crippen MR) is 50.8 cm³/mol. The van der Waals surface area contributed by atoms with Gasteiger partial charge in [0.1, 0.15) is 0 Å². The molecule has 2 heteroatoms. The van der Waals surface area contributed by atoms with Gasteiger partial charge >= 0.3 is 0 Å². The van der Waals surface area contributed by atoms with E-state index in [-0.39, 0.29) is 0 Å². The number of rotatable bonds is 4. The van der Waals surface area contributed by atoms with Crippen LogP contribution in [0.4, 0.5) is 0 Å². The molecule has 0 aliphatic heterocycles. The number of aliphatic imine (C=N–C) groups is 1. The summed E-state index contributed by atoms with van der Waals surface area (Å²) >= 11 is 0. The van der Waals surface area contributed by atoms with Crippen LogP contribution in [0.1, 0.15) is 27.2 Å². The summed E-state index contributed by atoms with van der Waals surface area (Å²) in [5.41, 5.74) is 6.43. The molecule has 0 bridgehead atoms. The van der Waals surface area contributed by atoms with Gasteiger partial charge < -0.3 is 5.73 Å². The summed E-state index contributed by atoms with van der Waals surface area (Å²) in [6.07, 6.45) is 4.69. The molecule has 0 amide bonds. The smallest absolute Gasteiger partial charge is 0.0239 e. The van der Waals surface area contributed by atoms with Crippen molar-refractivity contribution in [2.75, 3.05) is 6.54 Å². The molecule has 11 heavy (non-hydrogen) atoms. The van der Waals surface area contributed by atoms with Gasteiger partial charge in [-0.05, 0) is 19.3 Å². The second-order valence-electron chi connectivity index (χ2n) is 3.08. The van der Waals surface area contributed by atoms with E-state index >= 15 is 0 Å². The van der Waals surface area contributed by atoms with E-state index in [1.165, 1.54) is 5.71 Å². The van der Waals surface area contributed by atoms with E-state index in [0.717, 1.165) is 6.42 Å². The van der Waals surface area contributed by atoms with Crippen molar-refractivity contribution >= 4 is 5.71 Å². The fourth-order valence-corrected chi connectivity index (χ4v) is 0.884. The van der Waals surface area contributed by atoms with Gasteiger partial charge in [0.2, 0.25) is 0 Å². The Labute approximate surface area is 69.2 Å². The average Bonchev–Trinajstić information content (AvgIpc) is 1.86. The lowest BCUT2D eigenvalue weighted by Crippen LogP contribution is -1.97. The van der Waals surface area contributed by atoms with E-state index in [1.54, 1.807) is 6.20 Å². The van der Waals surface area contributed by atoms with Crippen molar-refractivity contribution in [3.8, 4) is 0 Å². The standard InChI is InChI=1S/C9H18N2/c1-8(2)7-9(3)11-6-4-5-10/h4,6,8H,5,7,10H2,1-3H3/b6-4+,11-9?. The summed E-state index contributed by atoms with van der Waals surface area (Å²) in [4.78, 5) is 4.21. The molecular formula is C9H18N2. The van der Waals surface area contributed by atoms with Gasteiger partial charge in [-0.15, -0.1) is 0 Å². The van der Waals surface area contributed by atoms with Gasteiger partial charge in [-0.3, -0.25) is 4.99 Å². The Kier molecular flexibility index (Phi) is 5.75. The number of hydrogen-bond acceptors (Lipinski definition) is 2. The molecule has 64 valence electrons. The third-order valence-electron chi connectivity index (χ3n) is 1.24. The lowest BCUT2D eigenvalue weighted by molar-refractivity contribution is 0.682. The molecule has 0 spiro atoms. The van der Waals surface area contributed by atoms with E-state index in [9.17, 15) is 0 Å². The molecule has 0 aliphatic rings. The summed E-state index contributed by atoms with van der Waals surface area (Å²) in [6, 6.07) is 0. The van der Waals surface area contributed by atoms with Crippen molar-refractivity contribution in [3.63, 3.8) is 0 Å². The third kappa shape index (κ3) is 7.26. The second kappa shape index (κ2) is 6.10. The van der Waals surface area contributed by atoms with Gasteiger partial charge in [0.25, 0.3) is 0 Å². The Hall–Kier alpha value is -0.630. The summed E-state index contributed by atoms with van der Waals surface area (Å²) in [5, 5.41) is 0. The lowest BCUT2D eigenvalue weighted by Gasteiger charge is -2.01. The normalized spacial score (nSPS) is 13.4. The van der Waals surface area contributed by atoms with Crippen LogP contribution in [0.5, 0.6) is 0 Å². The Balaban J connectivity index is 3.71. The Morgan fingerprint density at radius 1 is 1.55 bits per heavy atom. The molecule has 0 aliphatic carbocycles. The molecule has 0 aromatic carbocycles. The minimum absolute atomic E-state index is 0.568. The zero-order valence-corrected chi connectivity index (χ0v) is 7.67. The Morgan fingerprint density at radius 2 is 2.18 bits per heavy atom. The molecule has 0 fully saturated rings. The molecular weight excluding hydrogens is 136 g/mol. The molecule has 2 nitrogen and oxygen atoms in total. The second-order valence-corrected chi connectivity index (χ2v) is 3.08. The fraction of sp³-hybridized carbons (Fsp3) is 0.667. The summed E-state index contributed by atoms with van der Waals surface area (Å²) in [6.45, 7) is 6.98. The highest BCUT2D eigenvalue weighted by molar-refractivity contribution is 5.82. The van der Waals surface area contributed by atoms with Crippen LogP contribution in [-0.2, 0) is 0 Å². The number of nitrogens with two attached hydrogens (primary N) is 1. The minimum atomic E-state index is 0.568. The monoisotopic (exact) mass is 154 g/mol. The van der Waals surface area contributed by atoms with Gasteiger partial charge in [-0.1, -0.05) is 19.9 Å². The zero-order valence-electron chi connectivity index (χ0n) is 7.67. The minimum Gasteiger partial charge on any atom is -0.327 e. The van der Waals surface area contributed by atoms with E-state index < -0.39 is 0 Å². The predicted octanol–water partition coefficient (Wildman–Crippen LogP) is 1.97. The molecule has 0 atom stereocenters. The maximum absolute atomic E-state index is 5.26. The highest BCUT2D eigenvalue weighted by atomic mass is 14.7. The molecule has 0 saturated carbocycles. The Bertz CT molecular complexity index is 146. The van der Waals surface area contributed by atoms with Gasteiger partial charge in [0, 0.05) is 18.5 Å². The number of nitrogens with zero attached hydrogens (tertiary/aromatic N) is 1. The molecule has 0 heterocycles. The topological polar surface area (TPSA) is 38.4 Å². The number of hydrogen-bond donors (Lipinski definition) is 1. The van der Waals surface area contributed by atoms with Crippen LogP contribution in [0, 0.1) is 5.92 Å². The quantitative estimate of drug-likeness (QED) is 0.618. The first-order valence-corrected chi connectivity index (χ1v) is 4.05. The molecule has 0 aromatic heterocycles. The third-order valence-corrected chi connectivity index (χ3v) is 1.24. The van der Waals surface area contributed by atoms with Crippen LogP contribution >= 0.6 is 0 Å². The van der Waals surface area contributed by atoms with Gasteiger partial charge in [0.05, 0.1) is 0 Å². The molecule has 2 N–H and O–H groups in total. The van der Waals surface area contributed by atoms with Gasteiger partial charge in [0.15, 0.2) is 0 Å².